The normalized spacial score (nSPS) is 21.0. The molecule has 4 amide bonds. The lowest BCUT2D eigenvalue weighted by Crippen LogP contribution is -2.53. The Morgan fingerprint density at radius 1 is 1.18 bits per heavy atom. The summed E-state index contributed by atoms with van der Waals surface area (Å²) in [6, 6.07) is 0.294. The van der Waals surface area contributed by atoms with E-state index in [0.717, 1.165) is 30.3 Å². The number of aliphatic hydroxyl groups is 2. The van der Waals surface area contributed by atoms with Crippen LogP contribution in [0.25, 0.3) is 0 Å². The molecule has 0 unspecified atom stereocenters. The lowest BCUT2D eigenvalue weighted by atomic mass is 9.90. The number of benzene rings is 1. The van der Waals surface area contributed by atoms with Gasteiger partial charge in [0, 0.05) is 30.1 Å². The lowest BCUT2D eigenvalue weighted by molar-refractivity contribution is -0.306. The van der Waals surface area contributed by atoms with Gasteiger partial charge in [-0.2, -0.15) is 0 Å². The quantitative estimate of drug-likeness (QED) is 0.246. The maximum Gasteiger partial charge on any atom is 0.573 e. The van der Waals surface area contributed by atoms with E-state index < -0.39 is 66.6 Å². The van der Waals surface area contributed by atoms with E-state index in [1.807, 2.05) is 0 Å². The predicted octanol–water partition coefficient (Wildman–Crippen LogP) is -1.76. The van der Waals surface area contributed by atoms with E-state index in [4.69, 9.17) is 5.73 Å². The van der Waals surface area contributed by atoms with Gasteiger partial charge in [0.2, 0.25) is 11.8 Å². The van der Waals surface area contributed by atoms with E-state index in [2.05, 4.69) is 20.7 Å². The number of alkyl halides is 3. The molecule has 1 aliphatic carbocycles. The summed E-state index contributed by atoms with van der Waals surface area (Å²) >= 11 is 0. The molecule has 4 atom stereocenters. The van der Waals surface area contributed by atoms with Crippen LogP contribution >= 0.6 is 0 Å². The van der Waals surface area contributed by atoms with Gasteiger partial charge in [0.25, 0.3) is 0 Å². The summed E-state index contributed by atoms with van der Waals surface area (Å²) in [6.45, 7) is 0. The number of nitrogens with two attached hydrogens (primary N) is 1. The van der Waals surface area contributed by atoms with Crippen molar-refractivity contribution in [3.8, 4) is 5.75 Å². The first-order valence-electron chi connectivity index (χ1n) is 9.55. The third kappa shape index (κ3) is 7.93. The van der Waals surface area contributed by atoms with Crippen molar-refractivity contribution in [1.82, 2.24) is 10.6 Å². The minimum Gasteiger partial charge on any atom is -0.550 e. The molecule has 0 saturated carbocycles. The van der Waals surface area contributed by atoms with Crippen molar-refractivity contribution in [2.75, 3.05) is 5.32 Å². The highest BCUT2D eigenvalue weighted by molar-refractivity contribution is 5.98. The van der Waals surface area contributed by atoms with Crippen LogP contribution in [-0.4, -0.2) is 64.7 Å². The minimum atomic E-state index is -4.89. The number of aliphatic hydroxyl groups excluding tert-OH is 2. The van der Waals surface area contributed by atoms with Crippen molar-refractivity contribution < 1.29 is 52.4 Å². The van der Waals surface area contributed by atoms with Crippen LogP contribution in [-0.2, 0) is 14.4 Å². The van der Waals surface area contributed by atoms with E-state index in [1.165, 1.54) is 0 Å². The average Bonchev–Trinajstić information content (AvgIpc) is 2.70. The molecule has 1 aromatic carbocycles. The van der Waals surface area contributed by atoms with Crippen molar-refractivity contribution >= 4 is 29.5 Å². The largest absolute Gasteiger partial charge is 0.573 e. The second-order valence-corrected chi connectivity index (χ2v) is 7.15. The second-order valence-electron chi connectivity index (χ2n) is 7.15. The number of carbonyl (C=O) groups excluding carboxylic acids is 4. The van der Waals surface area contributed by atoms with Gasteiger partial charge < -0.3 is 46.5 Å². The van der Waals surface area contributed by atoms with Crippen molar-refractivity contribution in [1.29, 1.82) is 0 Å². The van der Waals surface area contributed by atoms with Gasteiger partial charge in [0.05, 0.1) is 12.1 Å². The maximum absolute atomic E-state index is 12.4. The topological polar surface area (TPSA) is 203 Å². The Morgan fingerprint density at radius 3 is 2.32 bits per heavy atom. The summed E-state index contributed by atoms with van der Waals surface area (Å²) in [7, 11) is 0. The van der Waals surface area contributed by atoms with Gasteiger partial charge in [-0.05, 0) is 24.3 Å². The Kier molecular flexibility index (Phi) is 8.42. The summed E-state index contributed by atoms with van der Waals surface area (Å²) in [5.41, 5.74) is 4.92. The number of primary amides is 1. The van der Waals surface area contributed by atoms with Crippen LogP contribution in [0.1, 0.15) is 12.8 Å². The lowest BCUT2D eigenvalue weighted by Gasteiger charge is -2.31. The summed E-state index contributed by atoms with van der Waals surface area (Å²) in [5.74, 6) is -4.28. The van der Waals surface area contributed by atoms with Gasteiger partial charge in [-0.15, -0.1) is 13.2 Å². The van der Waals surface area contributed by atoms with Crippen LogP contribution in [0.2, 0.25) is 0 Å². The number of hydrogen-bond acceptors (Lipinski definition) is 8. The monoisotopic (exact) mass is 489 g/mol. The molecule has 0 saturated heterocycles. The summed E-state index contributed by atoms with van der Waals surface area (Å²) in [4.78, 5) is 46.6. The number of hydrogen-bond donors (Lipinski definition) is 6. The van der Waals surface area contributed by atoms with Gasteiger partial charge in [-0.1, -0.05) is 6.08 Å². The number of halogens is 3. The first-order chi connectivity index (χ1) is 15.7. The third-order valence-electron chi connectivity index (χ3n) is 4.53. The van der Waals surface area contributed by atoms with Gasteiger partial charge in [0.1, 0.15) is 17.9 Å². The van der Waals surface area contributed by atoms with E-state index in [-0.39, 0.29) is 17.7 Å². The highest BCUT2D eigenvalue weighted by Gasteiger charge is 2.35. The first kappa shape index (κ1) is 26.4. The van der Waals surface area contributed by atoms with Crippen molar-refractivity contribution in [3.63, 3.8) is 0 Å². The van der Waals surface area contributed by atoms with E-state index in [9.17, 15) is 47.7 Å². The Morgan fingerprint density at radius 2 is 1.79 bits per heavy atom. The highest BCUT2D eigenvalue weighted by Crippen LogP contribution is 2.24. The van der Waals surface area contributed by atoms with Crippen LogP contribution in [0.3, 0.4) is 0 Å². The molecular weight excluding hydrogens is 469 g/mol. The Bertz CT molecular complexity index is 967. The van der Waals surface area contributed by atoms with E-state index in [0.29, 0.717) is 0 Å². The molecule has 7 N–H and O–H groups in total. The fraction of sp³-hybridized carbons (Fsp3) is 0.368. The molecule has 1 aliphatic rings. The van der Waals surface area contributed by atoms with E-state index in [1.54, 1.807) is 0 Å². The molecule has 15 heteroatoms. The highest BCUT2D eigenvalue weighted by atomic mass is 19.4. The number of urea groups is 1. The van der Waals surface area contributed by atoms with Crippen molar-refractivity contribution in [2.24, 2.45) is 5.73 Å². The predicted molar refractivity (Wildman–Crippen MR) is 105 cm³/mol. The van der Waals surface area contributed by atoms with Gasteiger partial charge in [0.15, 0.2) is 0 Å². The summed E-state index contributed by atoms with van der Waals surface area (Å²) in [5, 5.41) is 37.5. The maximum atomic E-state index is 12.4. The summed E-state index contributed by atoms with van der Waals surface area (Å²) in [6.07, 6.45) is -8.13. The number of carboxylic acids is 1. The average molecular weight is 489 g/mol. The molecule has 0 aliphatic heterocycles. The standard InChI is InChI=1S/C19H21F3N4O8/c20-19(21,22)34-10-3-1-9(2-4-10)24-18(33)26-11-5-8(6-13(27)15(11)30)17(32)25-12(16(23)31)7-14(28)29/h1-5,11-13,15,27,30H,6-7H2,(H2,23,31)(H,25,32)(H,28,29)(H2,24,26,33)/p-1/t11-,12-,13-,15-/m1/s1. The number of carbonyl (C=O) groups is 4. The molecule has 0 spiro atoms. The fourth-order valence-electron chi connectivity index (χ4n) is 2.96. The number of carboxylic acid groups (broad SMARTS) is 1. The number of ether oxygens (including phenoxy) is 1. The first-order valence-corrected chi connectivity index (χ1v) is 9.55. The van der Waals surface area contributed by atoms with Crippen LogP contribution in [0.15, 0.2) is 35.9 Å². The number of anilines is 1. The van der Waals surface area contributed by atoms with Crippen LogP contribution < -0.4 is 31.5 Å². The zero-order valence-electron chi connectivity index (χ0n) is 17.2. The molecule has 0 radical (unpaired) electrons. The molecule has 0 bridgehead atoms. The molecule has 1 aromatic rings. The smallest absolute Gasteiger partial charge is 0.550 e. The SMILES string of the molecule is NC(=O)[C@@H](CC(=O)[O-])NC(=O)C1=C[C@@H](NC(=O)Nc2ccc(OC(F)(F)F)cc2)[C@@H](O)[C@H](O)C1. The summed E-state index contributed by atoms with van der Waals surface area (Å²) < 4.78 is 40.3. The van der Waals surface area contributed by atoms with Crippen LogP contribution in [0.5, 0.6) is 5.75 Å². The van der Waals surface area contributed by atoms with Crippen LogP contribution in [0, 0.1) is 0 Å². The Labute approximate surface area is 189 Å². The van der Waals surface area contributed by atoms with Gasteiger partial charge in [-0.25, -0.2) is 4.79 Å². The number of amides is 4. The zero-order chi connectivity index (χ0) is 25.6. The minimum absolute atomic E-state index is 0.0615. The molecule has 12 nitrogen and oxygen atoms in total. The zero-order valence-corrected chi connectivity index (χ0v) is 17.2. The van der Waals surface area contributed by atoms with Gasteiger partial charge in [-0.3, -0.25) is 9.59 Å². The molecule has 0 aromatic heterocycles. The second kappa shape index (κ2) is 10.8. The number of rotatable bonds is 8. The molecule has 0 heterocycles. The Hall–Kier alpha value is -3.85. The van der Waals surface area contributed by atoms with Gasteiger partial charge >= 0.3 is 12.4 Å². The van der Waals surface area contributed by atoms with Crippen molar-refractivity contribution in [3.05, 3.63) is 35.9 Å². The third-order valence-corrected chi connectivity index (χ3v) is 4.53. The number of aliphatic carboxylic acids is 1. The molecule has 2 rings (SSSR count). The Balaban J connectivity index is 2.06. The number of nitrogens with one attached hydrogen (secondary N) is 3. The molecular formula is C19H20F3N4O8-. The molecule has 0 fully saturated rings. The fourth-order valence-corrected chi connectivity index (χ4v) is 2.96. The molecule has 34 heavy (non-hydrogen) atoms. The molecule has 186 valence electrons. The van der Waals surface area contributed by atoms with E-state index >= 15 is 0 Å². The van der Waals surface area contributed by atoms with Crippen molar-refractivity contribution in [2.45, 2.75) is 43.5 Å². The van der Waals surface area contributed by atoms with Crippen LogP contribution in [0.4, 0.5) is 23.7 Å².